The highest BCUT2D eigenvalue weighted by atomic mass is 16.3. The molecule has 71 heavy (non-hydrogen) atoms. The molecule has 6 heterocycles. The Balaban J connectivity index is 0.936. The van der Waals surface area contributed by atoms with Crippen molar-refractivity contribution in [3.05, 3.63) is 212 Å². The van der Waals surface area contributed by atoms with E-state index in [4.69, 9.17) is 27.6 Å². The van der Waals surface area contributed by atoms with Gasteiger partial charge in [0.2, 0.25) is 0 Å². The van der Waals surface area contributed by atoms with Crippen LogP contribution < -0.4 is 0 Å². The van der Waals surface area contributed by atoms with E-state index in [2.05, 4.69) is 156 Å². The molecule has 0 aliphatic rings. The predicted molar refractivity (Wildman–Crippen MR) is 287 cm³/mol. The van der Waals surface area contributed by atoms with Gasteiger partial charge in [0.1, 0.15) is 50.3 Å². The van der Waals surface area contributed by atoms with Gasteiger partial charge in [-0.25, -0.2) is 9.97 Å². The first-order chi connectivity index (χ1) is 35.2. The molecule has 0 aliphatic carbocycles. The minimum absolute atomic E-state index is 0.564. The molecule has 0 unspecified atom stereocenters. The van der Waals surface area contributed by atoms with Crippen LogP contribution in [0, 0.1) is 0 Å². The monoisotopic (exact) mass is 909 g/mol. The van der Waals surface area contributed by atoms with Gasteiger partial charge in [-0.3, -0.25) is 0 Å². The predicted octanol–water partition coefficient (Wildman–Crippen LogP) is 17.8. The summed E-state index contributed by atoms with van der Waals surface area (Å²) in [5, 5.41) is 9.31. The van der Waals surface area contributed by atoms with Crippen LogP contribution in [0.3, 0.4) is 0 Å². The number of fused-ring (bicyclic) bond motifs is 15. The molecule has 0 saturated carbocycles. The number of aromatic nitrogens is 3. The first-order valence-electron chi connectivity index (χ1n) is 23.8. The largest absolute Gasteiger partial charge is 0.456 e. The number of hydrogen-bond acceptors (Lipinski definition) is 6. The van der Waals surface area contributed by atoms with Crippen LogP contribution in [0.4, 0.5) is 0 Å². The van der Waals surface area contributed by atoms with E-state index >= 15 is 0 Å². The second-order valence-corrected chi connectivity index (χ2v) is 18.4. The summed E-state index contributed by atoms with van der Waals surface area (Å²) < 4.78 is 28.7. The van der Waals surface area contributed by atoms with Crippen molar-refractivity contribution in [1.29, 1.82) is 0 Å². The second kappa shape index (κ2) is 14.4. The Morgan fingerprint density at radius 2 is 0.817 bits per heavy atom. The van der Waals surface area contributed by atoms with Gasteiger partial charge in [-0.05, 0) is 107 Å². The normalized spacial score (nSPS) is 12.2. The van der Waals surface area contributed by atoms with Gasteiger partial charge in [0, 0.05) is 65.3 Å². The Bertz CT molecular complexity index is 4890. The molecule has 0 radical (unpaired) electrons. The molecule has 0 bridgehead atoms. The zero-order chi connectivity index (χ0) is 46.3. The third-order valence-electron chi connectivity index (χ3n) is 14.4. The van der Waals surface area contributed by atoms with Crippen LogP contribution in [0.25, 0.3) is 160 Å². The lowest BCUT2D eigenvalue weighted by atomic mass is 9.97. The first-order valence-corrected chi connectivity index (χ1v) is 23.8. The molecule has 0 saturated heterocycles. The molecule has 0 aliphatic heterocycles. The lowest BCUT2D eigenvalue weighted by Gasteiger charge is -2.09. The van der Waals surface area contributed by atoms with Gasteiger partial charge in [-0.15, -0.1) is 0 Å². The van der Waals surface area contributed by atoms with Crippen LogP contribution in [0.2, 0.25) is 0 Å². The quantitative estimate of drug-likeness (QED) is 0.171. The van der Waals surface area contributed by atoms with E-state index in [1.54, 1.807) is 0 Å². The number of nitrogens with zero attached hydrogens (tertiary/aromatic N) is 3. The molecule has 0 atom stereocenters. The minimum Gasteiger partial charge on any atom is -0.456 e. The van der Waals surface area contributed by atoms with Crippen molar-refractivity contribution >= 4 is 110 Å². The molecule has 0 N–H and O–H groups in total. The summed E-state index contributed by atoms with van der Waals surface area (Å²) in [7, 11) is 0. The summed E-state index contributed by atoms with van der Waals surface area (Å²) in [6, 6.07) is 73.7. The van der Waals surface area contributed by atoms with Crippen molar-refractivity contribution in [2.75, 3.05) is 0 Å². The van der Waals surface area contributed by atoms with Crippen molar-refractivity contribution in [2.24, 2.45) is 0 Å². The molecular weight excluding hydrogens is 875 g/mol. The van der Waals surface area contributed by atoms with Gasteiger partial charge >= 0.3 is 0 Å². The van der Waals surface area contributed by atoms with E-state index < -0.39 is 0 Å². The molecular formula is C64H35N3O4. The van der Waals surface area contributed by atoms with Gasteiger partial charge in [0.05, 0.1) is 11.0 Å². The molecule has 10 aromatic carbocycles. The van der Waals surface area contributed by atoms with Crippen molar-refractivity contribution in [3.8, 4) is 50.6 Å². The fourth-order valence-electron chi connectivity index (χ4n) is 11.3. The molecule has 7 heteroatoms. The van der Waals surface area contributed by atoms with E-state index in [-0.39, 0.29) is 0 Å². The van der Waals surface area contributed by atoms with E-state index in [0.29, 0.717) is 28.2 Å². The molecule has 0 spiro atoms. The van der Waals surface area contributed by atoms with Crippen LogP contribution in [-0.4, -0.2) is 14.5 Å². The Kier molecular flexibility index (Phi) is 7.76. The van der Waals surface area contributed by atoms with Crippen LogP contribution in [0.1, 0.15) is 0 Å². The van der Waals surface area contributed by atoms with Crippen LogP contribution in [0.5, 0.6) is 0 Å². The third kappa shape index (κ3) is 5.54. The SMILES string of the molecule is c1ccc(-n2c3ccccc3c3cc(-c4ccc5oc6cccc(-c7nc(-c8cccc9oc%10ccccc%10c89)nc8c7oc7ccc(-c9cccc%10oc%11ccccc%11c9%10)cc78)c6c5c4)ccc32)cc1. The fraction of sp³-hybridized carbons (Fsp3) is 0. The smallest absolute Gasteiger partial charge is 0.180 e. The van der Waals surface area contributed by atoms with Crippen molar-refractivity contribution in [3.63, 3.8) is 0 Å². The summed E-state index contributed by atoms with van der Waals surface area (Å²) in [5.41, 5.74) is 17.0. The average Bonchev–Trinajstić information content (AvgIpc) is 4.25. The Hall–Kier alpha value is -9.72. The van der Waals surface area contributed by atoms with Gasteiger partial charge in [0.15, 0.2) is 11.4 Å². The summed E-state index contributed by atoms with van der Waals surface area (Å²) in [4.78, 5) is 11.0. The van der Waals surface area contributed by atoms with Gasteiger partial charge in [0.25, 0.3) is 0 Å². The molecule has 0 fully saturated rings. The number of furan rings is 4. The van der Waals surface area contributed by atoms with Gasteiger partial charge < -0.3 is 22.2 Å². The van der Waals surface area contributed by atoms with E-state index in [1.807, 2.05) is 60.7 Å². The number of hydrogen-bond donors (Lipinski definition) is 0. The highest BCUT2D eigenvalue weighted by molar-refractivity contribution is 6.19. The molecule has 6 aromatic heterocycles. The van der Waals surface area contributed by atoms with Crippen LogP contribution in [-0.2, 0) is 0 Å². The van der Waals surface area contributed by atoms with E-state index in [9.17, 15) is 0 Å². The lowest BCUT2D eigenvalue weighted by molar-refractivity contribution is 0.667. The van der Waals surface area contributed by atoms with Gasteiger partial charge in [-0.2, -0.15) is 0 Å². The van der Waals surface area contributed by atoms with Gasteiger partial charge in [-0.1, -0.05) is 127 Å². The number of rotatable bonds is 5. The van der Waals surface area contributed by atoms with Crippen molar-refractivity contribution < 1.29 is 17.7 Å². The maximum atomic E-state index is 6.95. The highest BCUT2D eigenvalue weighted by Gasteiger charge is 2.25. The Labute approximate surface area is 403 Å². The zero-order valence-corrected chi connectivity index (χ0v) is 37.7. The topological polar surface area (TPSA) is 83.3 Å². The zero-order valence-electron chi connectivity index (χ0n) is 37.7. The maximum absolute atomic E-state index is 6.95. The Morgan fingerprint density at radius 1 is 0.310 bits per heavy atom. The van der Waals surface area contributed by atoms with Crippen molar-refractivity contribution in [1.82, 2.24) is 14.5 Å². The average molecular weight is 910 g/mol. The highest BCUT2D eigenvalue weighted by Crippen LogP contribution is 2.46. The molecule has 16 rings (SSSR count). The molecule has 0 amide bonds. The standard InChI is InChI=1S/C64H35N3O4/c1-2-13-39(14-3-1)67-49-21-7-4-15-41(49)46-33-36(27-30-50(46)67)37-28-31-53-47(34-37)60-44(19-11-25-57(60)70-53)61-63-62(66-64(65-61)45-20-12-26-56-59(45)43-17-6-9-23-52(43)69-56)48-35-38(29-32-54(48)71-63)40-18-10-24-55-58(40)42-16-5-8-22-51(42)68-55/h1-35H. The number of benzene rings is 10. The fourth-order valence-corrected chi connectivity index (χ4v) is 11.3. The summed E-state index contributed by atoms with van der Waals surface area (Å²) >= 11 is 0. The lowest BCUT2D eigenvalue weighted by Crippen LogP contribution is -1.95. The second-order valence-electron chi connectivity index (χ2n) is 18.4. The summed E-state index contributed by atoms with van der Waals surface area (Å²) in [5.74, 6) is 0.564. The maximum Gasteiger partial charge on any atom is 0.180 e. The Morgan fingerprint density at radius 3 is 1.55 bits per heavy atom. The van der Waals surface area contributed by atoms with Crippen LogP contribution in [0.15, 0.2) is 230 Å². The minimum atomic E-state index is 0.564. The van der Waals surface area contributed by atoms with Crippen molar-refractivity contribution in [2.45, 2.75) is 0 Å². The first kappa shape index (κ1) is 38.3. The third-order valence-corrected chi connectivity index (χ3v) is 14.4. The van der Waals surface area contributed by atoms with Crippen LogP contribution >= 0.6 is 0 Å². The molecule has 16 aromatic rings. The molecule has 7 nitrogen and oxygen atoms in total. The molecule has 330 valence electrons. The van der Waals surface area contributed by atoms with E-state index in [0.717, 1.165) is 116 Å². The number of para-hydroxylation sites is 4. The summed E-state index contributed by atoms with van der Waals surface area (Å²) in [6.07, 6.45) is 0. The van der Waals surface area contributed by atoms with E-state index in [1.165, 1.54) is 16.3 Å². The summed E-state index contributed by atoms with van der Waals surface area (Å²) in [6.45, 7) is 0.